The number of carboxylic acids is 1. The molecular weight excluding hydrogens is 492 g/mol. The minimum absolute atomic E-state index is 0.0158. The lowest BCUT2D eigenvalue weighted by atomic mass is 9.96. The van der Waals surface area contributed by atoms with E-state index in [4.69, 9.17) is 9.84 Å². The van der Waals surface area contributed by atoms with E-state index in [-0.39, 0.29) is 54.3 Å². The molecule has 1 saturated heterocycles. The molecule has 0 spiro atoms. The van der Waals surface area contributed by atoms with Gasteiger partial charge in [-0.25, -0.2) is 23.0 Å². The summed E-state index contributed by atoms with van der Waals surface area (Å²) in [6.45, 7) is -0.901. The summed E-state index contributed by atoms with van der Waals surface area (Å²) in [5.41, 5.74) is 0.107. The standard InChI is InChI=1S/C23H24N4O8S/c24-11-17-10-18(23(31)32)19(13-35-20(29)12-28)25-21(17)27-8-6-16(7-9-27)22(30)26-36(33,34)14-15-4-2-1-3-5-15/h1-5,10,16,28H,6-9,12-14H2,(H,26,30)(H,31,32). The van der Waals surface area contributed by atoms with Crippen LogP contribution in [0.5, 0.6) is 0 Å². The van der Waals surface area contributed by atoms with Crippen LogP contribution in [0, 0.1) is 17.2 Å². The fraction of sp³-hybridized carbons (Fsp3) is 0.348. The maximum Gasteiger partial charge on any atom is 0.337 e. The molecule has 0 atom stereocenters. The summed E-state index contributed by atoms with van der Waals surface area (Å²) in [5, 5.41) is 27.8. The van der Waals surface area contributed by atoms with Gasteiger partial charge in [-0.05, 0) is 24.5 Å². The number of carbonyl (C=O) groups is 3. The van der Waals surface area contributed by atoms with E-state index < -0.39 is 47.0 Å². The molecular formula is C23H24N4O8S. The molecule has 1 aliphatic rings. The van der Waals surface area contributed by atoms with E-state index >= 15 is 0 Å². The van der Waals surface area contributed by atoms with Gasteiger partial charge in [-0.15, -0.1) is 0 Å². The third-order valence-electron chi connectivity index (χ3n) is 5.55. The van der Waals surface area contributed by atoms with Gasteiger partial charge in [-0.2, -0.15) is 5.26 Å². The Kier molecular flexibility index (Phi) is 8.57. The molecule has 1 fully saturated rings. The highest BCUT2D eigenvalue weighted by molar-refractivity contribution is 7.89. The number of aromatic carboxylic acids is 1. The van der Waals surface area contributed by atoms with E-state index in [9.17, 15) is 33.2 Å². The molecule has 3 N–H and O–H groups in total. The SMILES string of the molecule is N#Cc1cc(C(=O)O)c(COC(=O)CO)nc1N1CCC(C(=O)NS(=O)(=O)Cc2ccccc2)CC1. The maximum absolute atomic E-state index is 12.6. The quantitative estimate of drug-likeness (QED) is 0.395. The summed E-state index contributed by atoms with van der Waals surface area (Å²) in [7, 11) is -3.88. The Bertz CT molecular complexity index is 1280. The van der Waals surface area contributed by atoms with Gasteiger partial charge in [0.25, 0.3) is 0 Å². The van der Waals surface area contributed by atoms with Crippen LogP contribution >= 0.6 is 0 Å². The van der Waals surface area contributed by atoms with Gasteiger partial charge in [0.15, 0.2) is 0 Å². The Morgan fingerprint density at radius 2 is 1.86 bits per heavy atom. The molecule has 1 amide bonds. The molecule has 190 valence electrons. The minimum Gasteiger partial charge on any atom is -0.478 e. The van der Waals surface area contributed by atoms with E-state index in [1.54, 1.807) is 35.2 Å². The van der Waals surface area contributed by atoms with E-state index in [0.717, 1.165) is 6.07 Å². The second-order valence-corrected chi connectivity index (χ2v) is 9.78. The molecule has 1 aromatic carbocycles. The number of nitriles is 1. The maximum atomic E-state index is 12.6. The molecule has 0 radical (unpaired) electrons. The van der Waals surface area contributed by atoms with Gasteiger partial charge in [0.1, 0.15) is 25.1 Å². The van der Waals surface area contributed by atoms with Crippen molar-refractivity contribution in [3.05, 3.63) is 58.8 Å². The van der Waals surface area contributed by atoms with Crippen LogP contribution in [0.4, 0.5) is 5.82 Å². The number of pyridine rings is 1. The molecule has 2 aromatic rings. The topological polar surface area (TPSA) is 187 Å². The zero-order valence-corrected chi connectivity index (χ0v) is 19.9. The highest BCUT2D eigenvalue weighted by Crippen LogP contribution is 2.27. The van der Waals surface area contributed by atoms with Gasteiger partial charge in [0.05, 0.1) is 22.6 Å². The van der Waals surface area contributed by atoms with Crippen molar-refractivity contribution >= 4 is 33.7 Å². The first kappa shape index (κ1) is 26.6. The second kappa shape index (κ2) is 11.6. The van der Waals surface area contributed by atoms with Crippen LogP contribution in [0.1, 0.15) is 40.0 Å². The average Bonchev–Trinajstić information content (AvgIpc) is 2.86. The third-order valence-corrected chi connectivity index (χ3v) is 6.78. The Morgan fingerprint density at radius 3 is 2.44 bits per heavy atom. The van der Waals surface area contributed by atoms with Crippen molar-refractivity contribution in [2.24, 2.45) is 5.92 Å². The Balaban J connectivity index is 1.70. The Hall–Kier alpha value is -4.02. The highest BCUT2D eigenvalue weighted by atomic mass is 32.2. The van der Waals surface area contributed by atoms with Gasteiger partial charge >= 0.3 is 11.9 Å². The summed E-state index contributed by atoms with van der Waals surface area (Å²) in [6.07, 6.45) is 0.545. The first-order valence-electron chi connectivity index (χ1n) is 10.9. The zero-order valence-electron chi connectivity index (χ0n) is 19.1. The van der Waals surface area contributed by atoms with Crippen LogP contribution in [0.2, 0.25) is 0 Å². The predicted octanol–water partition coefficient (Wildman–Crippen LogP) is 0.550. The lowest BCUT2D eigenvalue weighted by molar-refractivity contribution is -0.148. The van der Waals surface area contributed by atoms with Crippen molar-refractivity contribution in [1.29, 1.82) is 5.26 Å². The lowest BCUT2D eigenvalue weighted by Crippen LogP contribution is -2.43. The largest absolute Gasteiger partial charge is 0.478 e. The number of amides is 1. The van der Waals surface area contributed by atoms with E-state index in [1.165, 1.54) is 0 Å². The number of hydrogen-bond donors (Lipinski definition) is 3. The number of nitrogens with one attached hydrogen (secondary N) is 1. The van der Waals surface area contributed by atoms with Gasteiger partial charge < -0.3 is 19.8 Å². The van der Waals surface area contributed by atoms with Crippen LogP contribution in [0.15, 0.2) is 36.4 Å². The Morgan fingerprint density at radius 1 is 1.19 bits per heavy atom. The van der Waals surface area contributed by atoms with Crippen LogP contribution in [0.25, 0.3) is 0 Å². The molecule has 3 rings (SSSR count). The number of piperidine rings is 1. The molecule has 12 nitrogen and oxygen atoms in total. The van der Waals surface area contributed by atoms with Crippen LogP contribution in [-0.4, -0.2) is 61.2 Å². The minimum atomic E-state index is -3.88. The number of anilines is 1. The molecule has 13 heteroatoms. The van der Waals surface area contributed by atoms with Gasteiger partial charge in [-0.3, -0.25) is 9.52 Å². The second-order valence-electron chi connectivity index (χ2n) is 8.06. The summed E-state index contributed by atoms with van der Waals surface area (Å²) < 4.78 is 31.7. The fourth-order valence-electron chi connectivity index (χ4n) is 3.77. The van der Waals surface area contributed by atoms with Crippen molar-refractivity contribution in [1.82, 2.24) is 9.71 Å². The molecule has 0 bridgehead atoms. The summed E-state index contributed by atoms with van der Waals surface area (Å²) >= 11 is 0. The first-order valence-corrected chi connectivity index (χ1v) is 12.6. The van der Waals surface area contributed by atoms with E-state index in [0.29, 0.717) is 5.56 Å². The molecule has 0 aliphatic carbocycles. The van der Waals surface area contributed by atoms with Crippen LogP contribution in [0.3, 0.4) is 0 Å². The number of rotatable bonds is 9. The van der Waals surface area contributed by atoms with Crippen LogP contribution < -0.4 is 9.62 Å². The van der Waals surface area contributed by atoms with Crippen molar-refractivity contribution in [2.75, 3.05) is 24.6 Å². The number of carboxylic acid groups (broad SMARTS) is 1. The number of nitrogens with zero attached hydrogens (tertiary/aromatic N) is 3. The summed E-state index contributed by atoms with van der Waals surface area (Å²) in [5.74, 6) is -3.70. The van der Waals surface area contributed by atoms with Gasteiger partial charge in [0.2, 0.25) is 15.9 Å². The molecule has 1 aliphatic heterocycles. The van der Waals surface area contributed by atoms with Gasteiger partial charge in [-0.1, -0.05) is 30.3 Å². The molecule has 2 heterocycles. The number of aliphatic hydroxyl groups is 1. The number of hydrogen-bond acceptors (Lipinski definition) is 10. The number of esters is 1. The third kappa shape index (κ3) is 6.77. The normalized spacial score (nSPS) is 14.1. The number of aliphatic hydroxyl groups excluding tert-OH is 1. The first-order chi connectivity index (χ1) is 17.1. The fourth-order valence-corrected chi connectivity index (χ4v) is 4.95. The van der Waals surface area contributed by atoms with Crippen molar-refractivity contribution < 1.29 is 37.8 Å². The number of benzene rings is 1. The zero-order chi connectivity index (χ0) is 26.3. The summed E-state index contributed by atoms with van der Waals surface area (Å²) in [4.78, 5) is 41.4. The van der Waals surface area contributed by atoms with E-state index in [2.05, 4.69) is 9.71 Å². The molecule has 36 heavy (non-hydrogen) atoms. The number of ether oxygens (including phenoxy) is 1. The average molecular weight is 517 g/mol. The smallest absolute Gasteiger partial charge is 0.337 e. The van der Waals surface area contributed by atoms with Crippen LogP contribution in [-0.2, 0) is 36.7 Å². The van der Waals surface area contributed by atoms with E-state index in [1.807, 2.05) is 6.07 Å². The molecule has 0 unspecified atom stereocenters. The summed E-state index contributed by atoms with van der Waals surface area (Å²) in [6, 6.07) is 11.5. The number of aromatic nitrogens is 1. The number of carbonyl (C=O) groups excluding carboxylic acids is 2. The monoisotopic (exact) mass is 516 g/mol. The van der Waals surface area contributed by atoms with Crippen molar-refractivity contribution in [2.45, 2.75) is 25.2 Å². The van der Waals surface area contributed by atoms with Crippen molar-refractivity contribution in [3.8, 4) is 6.07 Å². The lowest BCUT2D eigenvalue weighted by Gasteiger charge is -2.32. The molecule has 1 aromatic heterocycles. The molecule has 0 saturated carbocycles. The Labute approximate surface area is 207 Å². The van der Waals surface area contributed by atoms with Crippen molar-refractivity contribution in [3.63, 3.8) is 0 Å². The number of sulfonamides is 1. The predicted molar refractivity (Wildman–Crippen MR) is 125 cm³/mol. The van der Waals surface area contributed by atoms with Gasteiger partial charge in [0, 0.05) is 19.0 Å². The highest BCUT2D eigenvalue weighted by Gasteiger charge is 2.30.